The van der Waals surface area contributed by atoms with Crippen LogP contribution in [0.15, 0.2) is 36.4 Å². The van der Waals surface area contributed by atoms with Crippen LogP contribution in [0.5, 0.6) is 0 Å². The van der Waals surface area contributed by atoms with E-state index in [0.717, 1.165) is 11.5 Å². The van der Waals surface area contributed by atoms with Crippen LogP contribution in [0.4, 0.5) is 0 Å². The zero-order chi connectivity index (χ0) is 20.8. The molecular weight excluding hydrogens is 316 g/mol. The Bertz CT molecular complexity index is 478. The molecule has 1 saturated carbocycles. The van der Waals surface area contributed by atoms with Crippen LogP contribution in [0, 0.1) is 5.92 Å². The van der Waals surface area contributed by atoms with Crippen molar-refractivity contribution in [3.05, 3.63) is 47.5 Å². The minimum Gasteiger partial charge on any atom is -0.295 e. The Morgan fingerprint density at radius 2 is 1.31 bits per heavy atom. The molecule has 1 heteroatoms. The van der Waals surface area contributed by atoms with E-state index in [1.54, 1.807) is 6.92 Å². The lowest BCUT2D eigenvalue weighted by Crippen LogP contribution is -2.10. The van der Waals surface area contributed by atoms with Crippen LogP contribution in [-0.4, -0.2) is 5.78 Å². The Labute approximate surface area is 164 Å². The molecule has 1 fully saturated rings. The second-order valence-electron chi connectivity index (χ2n) is 8.33. The standard InChI is InChI=1S/C12H16O.C7H14.C4H8.C2H6/c1-9(13)10-5-7-11(8-6-10)12(2,3)4;1-7-5-3-2-4-6-7;1-4(2)3;1-2/h5-8H,1-4H3;7H,2-6H2,1H3;1H2,2-3H3;1-2H3. The van der Waals surface area contributed by atoms with Gasteiger partial charge in [0.2, 0.25) is 0 Å². The van der Waals surface area contributed by atoms with E-state index in [0.29, 0.717) is 0 Å². The van der Waals surface area contributed by atoms with Crippen LogP contribution >= 0.6 is 0 Å². The molecule has 0 saturated heterocycles. The molecule has 0 bridgehead atoms. The van der Waals surface area contributed by atoms with Crippen molar-refractivity contribution >= 4 is 5.78 Å². The first-order valence-corrected chi connectivity index (χ1v) is 10.3. The summed E-state index contributed by atoms with van der Waals surface area (Å²) in [6.07, 6.45) is 7.44. The second-order valence-corrected chi connectivity index (χ2v) is 8.33. The molecule has 0 amide bonds. The highest BCUT2D eigenvalue weighted by Crippen LogP contribution is 2.22. The van der Waals surface area contributed by atoms with Crippen molar-refractivity contribution < 1.29 is 4.79 Å². The van der Waals surface area contributed by atoms with E-state index in [9.17, 15) is 4.79 Å². The summed E-state index contributed by atoms with van der Waals surface area (Å²) in [6.45, 7) is 21.9. The lowest BCUT2D eigenvalue weighted by atomic mass is 9.86. The first kappa shape index (κ1) is 26.9. The molecule has 150 valence electrons. The van der Waals surface area contributed by atoms with Crippen LogP contribution in [0.25, 0.3) is 0 Å². The Morgan fingerprint density at radius 3 is 1.54 bits per heavy atom. The van der Waals surface area contributed by atoms with Gasteiger partial charge in [-0.25, -0.2) is 0 Å². The summed E-state index contributed by atoms with van der Waals surface area (Å²) in [6, 6.07) is 7.83. The third-order valence-electron chi connectivity index (χ3n) is 4.05. The number of ketones is 1. The van der Waals surface area contributed by atoms with Gasteiger partial charge in [0.1, 0.15) is 0 Å². The van der Waals surface area contributed by atoms with E-state index in [4.69, 9.17) is 0 Å². The van der Waals surface area contributed by atoms with Crippen molar-refractivity contribution in [1.82, 2.24) is 0 Å². The topological polar surface area (TPSA) is 17.1 Å². The van der Waals surface area contributed by atoms with Crippen molar-refractivity contribution in [1.29, 1.82) is 0 Å². The first-order chi connectivity index (χ1) is 12.0. The first-order valence-electron chi connectivity index (χ1n) is 10.3. The Hall–Kier alpha value is -1.37. The van der Waals surface area contributed by atoms with E-state index >= 15 is 0 Å². The molecule has 26 heavy (non-hydrogen) atoms. The fourth-order valence-corrected chi connectivity index (χ4v) is 2.51. The SMILES string of the molecule is C=C(C)C.CC.CC(=O)c1ccc(C(C)(C)C)cc1.CC1CCCCC1. The van der Waals surface area contributed by atoms with Gasteiger partial charge in [-0.05, 0) is 37.7 Å². The van der Waals surface area contributed by atoms with Gasteiger partial charge in [-0.3, -0.25) is 4.79 Å². The quantitative estimate of drug-likeness (QED) is 0.363. The summed E-state index contributed by atoms with van der Waals surface area (Å²) in [5.41, 5.74) is 3.38. The van der Waals surface area contributed by atoms with Gasteiger partial charge in [0.15, 0.2) is 5.78 Å². The number of hydrogen-bond donors (Lipinski definition) is 0. The van der Waals surface area contributed by atoms with E-state index in [1.807, 2.05) is 52.0 Å². The number of benzene rings is 1. The molecule has 0 atom stereocenters. The molecule has 0 aromatic heterocycles. The zero-order valence-electron chi connectivity index (χ0n) is 19.0. The van der Waals surface area contributed by atoms with E-state index < -0.39 is 0 Å². The van der Waals surface area contributed by atoms with Crippen LogP contribution < -0.4 is 0 Å². The predicted octanol–water partition coefficient (Wildman–Crippen LogP) is 8.38. The van der Waals surface area contributed by atoms with Gasteiger partial charge in [0.25, 0.3) is 0 Å². The highest BCUT2D eigenvalue weighted by molar-refractivity contribution is 5.94. The number of hydrogen-bond acceptors (Lipinski definition) is 1. The van der Waals surface area contributed by atoms with Crippen LogP contribution in [-0.2, 0) is 5.41 Å². The summed E-state index contributed by atoms with van der Waals surface area (Å²) < 4.78 is 0. The molecule has 0 N–H and O–H groups in total. The Kier molecular flexibility index (Phi) is 15.2. The molecule has 0 aliphatic heterocycles. The van der Waals surface area contributed by atoms with E-state index in [2.05, 4.69) is 34.3 Å². The highest BCUT2D eigenvalue weighted by Gasteiger charge is 2.13. The number of carbonyl (C=O) groups is 1. The average Bonchev–Trinajstić information content (AvgIpc) is 2.57. The number of Topliss-reactive ketones (excluding diaryl/α,β-unsaturated/α-hetero) is 1. The molecule has 2 rings (SSSR count). The smallest absolute Gasteiger partial charge is 0.159 e. The molecule has 0 unspecified atom stereocenters. The summed E-state index contributed by atoms with van der Waals surface area (Å²) >= 11 is 0. The number of carbonyl (C=O) groups excluding carboxylic acids is 1. The van der Waals surface area contributed by atoms with Gasteiger partial charge in [-0.15, -0.1) is 6.58 Å². The predicted molar refractivity (Wildman–Crippen MR) is 119 cm³/mol. The van der Waals surface area contributed by atoms with Crippen molar-refractivity contribution in [2.24, 2.45) is 5.92 Å². The monoisotopic (exact) mass is 360 g/mol. The normalized spacial score (nSPS) is 13.7. The van der Waals surface area contributed by atoms with Crippen LogP contribution in [0.2, 0.25) is 0 Å². The van der Waals surface area contributed by atoms with Gasteiger partial charge in [-0.2, -0.15) is 0 Å². The maximum absolute atomic E-state index is 11.0. The number of rotatable bonds is 1. The molecule has 0 spiro atoms. The van der Waals surface area contributed by atoms with E-state index in [-0.39, 0.29) is 11.2 Å². The second kappa shape index (κ2) is 14.8. The largest absolute Gasteiger partial charge is 0.295 e. The molecule has 1 aromatic rings. The van der Waals surface area contributed by atoms with Gasteiger partial charge in [0.05, 0.1) is 0 Å². The lowest BCUT2D eigenvalue weighted by Gasteiger charge is -2.18. The van der Waals surface area contributed by atoms with Crippen LogP contribution in [0.1, 0.15) is 110 Å². The Morgan fingerprint density at radius 1 is 0.923 bits per heavy atom. The third-order valence-corrected chi connectivity index (χ3v) is 4.05. The van der Waals surface area contributed by atoms with Crippen molar-refractivity contribution in [3.63, 3.8) is 0 Å². The summed E-state index contributed by atoms with van der Waals surface area (Å²) in [7, 11) is 0. The minimum atomic E-state index is 0.125. The van der Waals surface area contributed by atoms with Crippen molar-refractivity contribution in [3.8, 4) is 0 Å². The molecule has 1 aliphatic rings. The minimum absolute atomic E-state index is 0.125. The molecule has 1 aliphatic carbocycles. The molecule has 0 heterocycles. The van der Waals surface area contributed by atoms with Crippen molar-refractivity contribution in [2.75, 3.05) is 0 Å². The fraction of sp³-hybridized carbons (Fsp3) is 0.640. The van der Waals surface area contributed by atoms with Gasteiger partial charge in [0, 0.05) is 5.56 Å². The third kappa shape index (κ3) is 14.9. The van der Waals surface area contributed by atoms with Crippen LogP contribution in [0.3, 0.4) is 0 Å². The fourth-order valence-electron chi connectivity index (χ4n) is 2.51. The maximum atomic E-state index is 11.0. The highest BCUT2D eigenvalue weighted by atomic mass is 16.1. The average molecular weight is 361 g/mol. The molecule has 1 nitrogen and oxygen atoms in total. The lowest BCUT2D eigenvalue weighted by molar-refractivity contribution is 0.101. The van der Waals surface area contributed by atoms with E-state index in [1.165, 1.54) is 43.2 Å². The van der Waals surface area contributed by atoms with Gasteiger partial charge < -0.3 is 0 Å². The summed E-state index contributed by atoms with van der Waals surface area (Å²) in [5.74, 6) is 1.16. The molecule has 1 aromatic carbocycles. The summed E-state index contributed by atoms with van der Waals surface area (Å²) in [4.78, 5) is 11.0. The Balaban J connectivity index is 0. The van der Waals surface area contributed by atoms with Crippen molar-refractivity contribution in [2.45, 2.75) is 99.8 Å². The molecular formula is C25H44O. The maximum Gasteiger partial charge on any atom is 0.159 e. The van der Waals surface area contributed by atoms with Gasteiger partial charge in [-0.1, -0.05) is 103 Å². The van der Waals surface area contributed by atoms with Gasteiger partial charge >= 0.3 is 0 Å². The zero-order valence-corrected chi connectivity index (χ0v) is 19.0. The molecule has 0 radical (unpaired) electrons. The number of allylic oxidation sites excluding steroid dienone is 1. The summed E-state index contributed by atoms with van der Waals surface area (Å²) in [5, 5.41) is 0.